The third kappa shape index (κ3) is 4.68. The van der Waals surface area contributed by atoms with E-state index < -0.39 is 11.7 Å². The van der Waals surface area contributed by atoms with Crippen molar-refractivity contribution in [2.45, 2.75) is 6.18 Å². The van der Waals surface area contributed by atoms with Gasteiger partial charge in [-0.3, -0.25) is 0 Å². The molecule has 0 bridgehead atoms. The molecule has 0 aromatic heterocycles. The number of alkyl halides is 3. The highest BCUT2D eigenvalue weighted by Crippen LogP contribution is 2.32. The first kappa shape index (κ1) is 15.7. The molecule has 1 aromatic carbocycles. The van der Waals surface area contributed by atoms with Crippen molar-refractivity contribution >= 4 is 17.2 Å². The predicted molar refractivity (Wildman–Crippen MR) is 71.4 cm³/mol. The van der Waals surface area contributed by atoms with Crippen molar-refractivity contribution in [1.82, 2.24) is 4.90 Å². The average molecular weight is 292 g/mol. The Hall–Kier alpha value is -1.34. The van der Waals surface area contributed by atoms with Crippen molar-refractivity contribution in [3.63, 3.8) is 0 Å². The summed E-state index contributed by atoms with van der Waals surface area (Å²) >= 11 is 4.75. The molecule has 0 amide bonds. The zero-order valence-corrected chi connectivity index (χ0v) is 11.4. The normalized spacial score (nSPS) is 11.7. The van der Waals surface area contributed by atoms with Gasteiger partial charge in [0.05, 0.1) is 11.1 Å². The van der Waals surface area contributed by atoms with Crippen molar-refractivity contribution in [2.75, 3.05) is 27.2 Å². The molecule has 0 aliphatic rings. The van der Waals surface area contributed by atoms with Crippen molar-refractivity contribution < 1.29 is 17.9 Å². The van der Waals surface area contributed by atoms with Crippen LogP contribution in [0.4, 0.5) is 13.2 Å². The van der Waals surface area contributed by atoms with Crippen LogP contribution in [0.15, 0.2) is 18.2 Å². The van der Waals surface area contributed by atoms with Crippen LogP contribution in [-0.2, 0) is 6.18 Å². The number of halogens is 3. The predicted octanol–water partition coefficient (Wildman–Crippen LogP) is 2.28. The van der Waals surface area contributed by atoms with Gasteiger partial charge in [-0.2, -0.15) is 13.2 Å². The molecule has 2 N–H and O–H groups in total. The first-order valence-corrected chi connectivity index (χ1v) is 5.91. The second kappa shape index (κ2) is 6.21. The summed E-state index contributed by atoms with van der Waals surface area (Å²) in [5, 5.41) is 0. The standard InChI is InChI=1S/C12H15F3N2OS/c1-17(2)5-6-18-10-4-3-8(12(13,14)15)7-9(10)11(16)19/h3-4,7H,5-6H2,1-2H3,(H2,16,19). The Balaban J connectivity index is 2.96. The zero-order chi connectivity index (χ0) is 14.6. The van der Waals surface area contributed by atoms with E-state index in [2.05, 4.69) is 0 Å². The van der Waals surface area contributed by atoms with Crippen LogP contribution in [0.25, 0.3) is 0 Å². The minimum Gasteiger partial charge on any atom is -0.492 e. The fourth-order valence-corrected chi connectivity index (χ4v) is 1.52. The monoisotopic (exact) mass is 292 g/mol. The number of nitrogens with two attached hydrogens (primary N) is 1. The highest BCUT2D eigenvalue weighted by Gasteiger charge is 2.31. The van der Waals surface area contributed by atoms with Crippen molar-refractivity contribution in [3.05, 3.63) is 29.3 Å². The SMILES string of the molecule is CN(C)CCOc1ccc(C(F)(F)F)cc1C(N)=S. The van der Waals surface area contributed by atoms with E-state index >= 15 is 0 Å². The molecular formula is C12H15F3N2OS. The summed E-state index contributed by atoms with van der Waals surface area (Å²) in [6.07, 6.45) is -4.43. The molecule has 106 valence electrons. The van der Waals surface area contributed by atoms with Crippen LogP contribution in [0.2, 0.25) is 0 Å². The van der Waals surface area contributed by atoms with Gasteiger partial charge in [0, 0.05) is 6.54 Å². The molecular weight excluding hydrogens is 277 g/mol. The number of benzene rings is 1. The lowest BCUT2D eigenvalue weighted by Crippen LogP contribution is -2.21. The smallest absolute Gasteiger partial charge is 0.416 e. The third-order valence-electron chi connectivity index (χ3n) is 2.37. The Labute approximate surface area is 115 Å². The van der Waals surface area contributed by atoms with E-state index in [0.717, 1.165) is 12.1 Å². The molecule has 0 atom stereocenters. The minimum atomic E-state index is -4.43. The van der Waals surface area contributed by atoms with Gasteiger partial charge in [-0.05, 0) is 32.3 Å². The van der Waals surface area contributed by atoms with Gasteiger partial charge in [0.2, 0.25) is 0 Å². The van der Waals surface area contributed by atoms with Crippen LogP contribution in [0.1, 0.15) is 11.1 Å². The third-order valence-corrected chi connectivity index (χ3v) is 2.59. The van der Waals surface area contributed by atoms with E-state index in [9.17, 15) is 13.2 Å². The summed E-state index contributed by atoms with van der Waals surface area (Å²) in [6.45, 7) is 0.978. The second-order valence-corrected chi connectivity index (χ2v) is 4.66. The maximum absolute atomic E-state index is 12.6. The summed E-state index contributed by atoms with van der Waals surface area (Å²) in [6, 6.07) is 3.10. The molecule has 0 fully saturated rings. The number of rotatable bonds is 5. The largest absolute Gasteiger partial charge is 0.492 e. The van der Waals surface area contributed by atoms with Crippen LogP contribution in [-0.4, -0.2) is 37.1 Å². The lowest BCUT2D eigenvalue weighted by Gasteiger charge is -2.15. The first-order valence-electron chi connectivity index (χ1n) is 5.50. The number of hydrogen-bond donors (Lipinski definition) is 1. The summed E-state index contributed by atoms with van der Waals surface area (Å²) in [5.41, 5.74) is 4.74. The fourth-order valence-electron chi connectivity index (χ4n) is 1.36. The number of ether oxygens (including phenoxy) is 1. The minimum absolute atomic E-state index is 0.101. The Bertz CT molecular complexity index is 461. The quantitative estimate of drug-likeness (QED) is 0.845. The van der Waals surface area contributed by atoms with Gasteiger partial charge >= 0.3 is 6.18 Å². The molecule has 1 rings (SSSR count). The molecule has 19 heavy (non-hydrogen) atoms. The molecule has 0 saturated carbocycles. The summed E-state index contributed by atoms with van der Waals surface area (Å²) in [5.74, 6) is 0.266. The highest BCUT2D eigenvalue weighted by atomic mass is 32.1. The van der Waals surface area contributed by atoms with Crippen molar-refractivity contribution in [2.24, 2.45) is 5.73 Å². The maximum atomic E-state index is 12.6. The lowest BCUT2D eigenvalue weighted by atomic mass is 10.1. The Morgan fingerprint density at radius 3 is 2.47 bits per heavy atom. The highest BCUT2D eigenvalue weighted by molar-refractivity contribution is 7.80. The Kier molecular flexibility index (Phi) is 5.13. The van der Waals surface area contributed by atoms with Crippen molar-refractivity contribution in [3.8, 4) is 5.75 Å². The van der Waals surface area contributed by atoms with Gasteiger partial charge < -0.3 is 15.4 Å². The van der Waals surface area contributed by atoms with Gasteiger partial charge in [-0.15, -0.1) is 0 Å². The van der Waals surface area contributed by atoms with Crippen molar-refractivity contribution in [1.29, 1.82) is 0 Å². The van der Waals surface area contributed by atoms with E-state index in [0.29, 0.717) is 13.2 Å². The van der Waals surface area contributed by atoms with Crippen LogP contribution >= 0.6 is 12.2 Å². The van der Waals surface area contributed by atoms with Gasteiger partial charge in [0.1, 0.15) is 17.3 Å². The molecule has 0 spiro atoms. The molecule has 7 heteroatoms. The van der Waals surface area contributed by atoms with Crippen LogP contribution in [0.5, 0.6) is 5.75 Å². The van der Waals surface area contributed by atoms with Crippen LogP contribution in [0, 0.1) is 0 Å². The molecule has 1 aromatic rings. The van der Waals surface area contributed by atoms with E-state index in [4.69, 9.17) is 22.7 Å². The van der Waals surface area contributed by atoms with E-state index in [1.165, 1.54) is 6.07 Å². The molecule has 0 heterocycles. The number of hydrogen-bond acceptors (Lipinski definition) is 3. The van der Waals surface area contributed by atoms with Gasteiger partial charge in [0.15, 0.2) is 0 Å². The zero-order valence-electron chi connectivity index (χ0n) is 10.6. The van der Waals surface area contributed by atoms with Crippen LogP contribution in [0.3, 0.4) is 0 Å². The lowest BCUT2D eigenvalue weighted by molar-refractivity contribution is -0.137. The van der Waals surface area contributed by atoms with E-state index in [-0.39, 0.29) is 16.3 Å². The number of thiocarbonyl (C=S) groups is 1. The molecule has 0 aliphatic carbocycles. The van der Waals surface area contributed by atoms with E-state index in [1.807, 2.05) is 19.0 Å². The molecule has 0 unspecified atom stereocenters. The van der Waals surface area contributed by atoms with Crippen LogP contribution < -0.4 is 10.5 Å². The summed E-state index contributed by atoms with van der Waals surface area (Å²) in [7, 11) is 3.73. The fraction of sp³-hybridized carbons (Fsp3) is 0.417. The number of nitrogens with zero attached hydrogens (tertiary/aromatic N) is 1. The van der Waals surface area contributed by atoms with E-state index in [1.54, 1.807) is 0 Å². The molecule has 0 aliphatic heterocycles. The Morgan fingerprint density at radius 2 is 2.00 bits per heavy atom. The van der Waals surface area contributed by atoms with Gasteiger partial charge in [-0.1, -0.05) is 12.2 Å². The first-order chi connectivity index (χ1) is 8.71. The maximum Gasteiger partial charge on any atom is 0.416 e. The van der Waals surface area contributed by atoms with Gasteiger partial charge in [-0.25, -0.2) is 0 Å². The Morgan fingerprint density at radius 1 is 1.37 bits per heavy atom. The topological polar surface area (TPSA) is 38.5 Å². The number of likely N-dealkylation sites (N-methyl/N-ethyl adjacent to an activating group) is 1. The molecule has 3 nitrogen and oxygen atoms in total. The average Bonchev–Trinajstić information content (AvgIpc) is 2.27. The summed E-state index contributed by atoms with van der Waals surface area (Å²) in [4.78, 5) is 1.77. The van der Waals surface area contributed by atoms with Gasteiger partial charge in [0.25, 0.3) is 0 Å². The molecule has 0 radical (unpaired) electrons. The second-order valence-electron chi connectivity index (χ2n) is 4.22. The summed E-state index contributed by atoms with van der Waals surface area (Å²) < 4.78 is 43.2. The molecule has 0 saturated heterocycles.